The van der Waals surface area contributed by atoms with Crippen LogP contribution in [0.15, 0.2) is 4.99 Å². The van der Waals surface area contributed by atoms with Crippen LogP contribution in [0.3, 0.4) is 0 Å². The summed E-state index contributed by atoms with van der Waals surface area (Å²) in [4.78, 5) is 26.0. The molecule has 2 N–H and O–H groups in total. The Balaban J connectivity index is -0.00000364. The average molecular weight is 448 g/mol. The van der Waals surface area contributed by atoms with Gasteiger partial charge in [-0.15, -0.1) is 0 Å². The minimum absolute atomic E-state index is 0. The van der Waals surface area contributed by atoms with Gasteiger partial charge in [0.05, 0.1) is 25.7 Å². The smallest absolute Gasteiger partial charge is 0.862 e. The molecule has 0 aromatic rings. The number of aliphatic hydroxyl groups excluding tert-OH is 1. The molecule has 0 radical (unpaired) electrons. The second kappa shape index (κ2) is 22.5. The molecule has 30 heavy (non-hydrogen) atoms. The standard InChI is InChI=1S/C20H38N2O6.2Na/c1-2-3-4-5-6-7-8-9-10-11-18(24)21-12-13-22(14-15-23,16-19(25)26)17-20(27)28;;/h23H,2-17H2,1H3,(H2-,21,24,25,26,27,28);;/q;2*+1/p-1. The topological polar surface area (TPSA) is 133 Å². The number of carboxylic acids is 2. The average Bonchev–Trinajstić information content (AvgIpc) is 2.59. The fourth-order valence-corrected chi connectivity index (χ4v) is 3.31. The van der Waals surface area contributed by atoms with Gasteiger partial charge in [-0.25, -0.2) is 4.79 Å². The molecule has 1 atom stereocenters. The van der Waals surface area contributed by atoms with Gasteiger partial charge in [0.2, 0.25) is 0 Å². The number of hydrogen-bond acceptors (Lipinski definition) is 6. The first kappa shape index (κ1) is 34.9. The number of nitrogens with zero attached hydrogens (tertiary/aromatic N) is 2. The van der Waals surface area contributed by atoms with Crippen molar-refractivity contribution in [3.05, 3.63) is 0 Å². The monoisotopic (exact) mass is 447 g/mol. The van der Waals surface area contributed by atoms with Gasteiger partial charge < -0.3 is 29.7 Å². The second-order valence-corrected chi connectivity index (χ2v) is 7.45. The third kappa shape index (κ3) is 20.2. The number of aliphatic carboxylic acids is 2. The largest absolute Gasteiger partial charge is 1.00 e. The molecule has 1 unspecified atom stereocenters. The van der Waals surface area contributed by atoms with Crippen molar-refractivity contribution >= 4 is 17.8 Å². The molecule has 164 valence electrons. The summed E-state index contributed by atoms with van der Waals surface area (Å²) in [7, 11) is 0. The third-order valence-corrected chi connectivity index (χ3v) is 4.87. The van der Waals surface area contributed by atoms with E-state index in [2.05, 4.69) is 11.9 Å². The van der Waals surface area contributed by atoms with Crippen molar-refractivity contribution in [1.29, 1.82) is 0 Å². The Labute approximate surface area is 225 Å². The predicted octanol–water partition coefficient (Wildman–Crippen LogP) is -5.68. The van der Waals surface area contributed by atoms with E-state index in [-0.39, 0.29) is 95.7 Å². The Morgan fingerprint density at radius 1 is 0.867 bits per heavy atom. The zero-order valence-electron chi connectivity index (χ0n) is 19.2. The number of carbonyl (C=O) groups is 2. The molecule has 0 fully saturated rings. The second-order valence-electron chi connectivity index (χ2n) is 7.45. The van der Waals surface area contributed by atoms with Gasteiger partial charge in [-0.05, 0) is 18.7 Å². The Hall–Kier alpha value is 0.330. The number of carboxylic acid groups (broad SMARTS) is 2. The van der Waals surface area contributed by atoms with Crippen molar-refractivity contribution in [2.45, 2.75) is 71.1 Å². The van der Waals surface area contributed by atoms with Crippen molar-refractivity contribution in [2.75, 3.05) is 39.3 Å². The SMILES string of the molecule is CCCCCCCCCCCC([O-])=NCC[N+](CCO)(CC(=O)[O-])CC(=O)O.[Na+].[Na+]. The molecule has 0 bridgehead atoms. The number of aliphatic imine (C=N–C) groups is 1. The molecule has 0 rings (SSSR count). The Bertz CT molecular complexity index is 462. The van der Waals surface area contributed by atoms with Crippen LogP contribution >= 0.6 is 0 Å². The summed E-state index contributed by atoms with van der Waals surface area (Å²) in [5, 5.41) is 41.0. The molecule has 0 saturated carbocycles. The van der Waals surface area contributed by atoms with Crippen LogP contribution in [0.4, 0.5) is 0 Å². The third-order valence-electron chi connectivity index (χ3n) is 4.87. The van der Waals surface area contributed by atoms with E-state index in [1.165, 1.54) is 38.5 Å². The first-order chi connectivity index (χ1) is 13.3. The van der Waals surface area contributed by atoms with Crippen molar-refractivity contribution < 1.29 is 93.6 Å². The first-order valence-corrected chi connectivity index (χ1v) is 10.4. The maximum Gasteiger partial charge on any atom is 1.00 e. The minimum Gasteiger partial charge on any atom is -0.862 e. The first-order valence-electron chi connectivity index (χ1n) is 10.4. The van der Waals surface area contributed by atoms with Gasteiger partial charge in [0.25, 0.3) is 0 Å². The molecule has 0 saturated heterocycles. The normalized spacial score (nSPS) is 13.1. The van der Waals surface area contributed by atoms with Crippen molar-refractivity contribution in [1.82, 2.24) is 0 Å². The van der Waals surface area contributed by atoms with Crippen LogP contribution < -0.4 is 69.3 Å². The molecule has 0 aliphatic carbocycles. The molecular weight excluding hydrogens is 410 g/mol. The van der Waals surface area contributed by atoms with Crippen LogP contribution in [0.5, 0.6) is 0 Å². The maximum absolute atomic E-state index is 11.9. The van der Waals surface area contributed by atoms with E-state index in [0.29, 0.717) is 6.42 Å². The zero-order chi connectivity index (χ0) is 21.3. The predicted molar refractivity (Wildman–Crippen MR) is 104 cm³/mol. The van der Waals surface area contributed by atoms with E-state index in [1.807, 2.05) is 0 Å². The van der Waals surface area contributed by atoms with E-state index in [9.17, 15) is 19.8 Å². The van der Waals surface area contributed by atoms with E-state index in [0.717, 1.165) is 19.3 Å². The molecule has 0 heterocycles. The Morgan fingerprint density at radius 3 is 1.87 bits per heavy atom. The van der Waals surface area contributed by atoms with E-state index in [4.69, 9.17) is 10.2 Å². The summed E-state index contributed by atoms with van der Waals surface area (Å²) >= 11 is 0. The molecule has 0 amide bonds. The number of carbonyl (C=O) groups excluding carboxylic acids is 1. The van der Waals surface area contributed by atoms with Gasteiger partial charge in [0.15, 0.2) is 6.54 Å². The number of rotatable bonds is 19. The number of hydrogen-bond donors (Lipinski definition) is 2. The van der Waals surface area contributed by atoms with Crippen LogP contribution in [0.1, 0.15) is 71.1 Å². The van der Waals surface area contributed by atoms with Crippen LogP contribution in [-0.4, -0.2) is 71.9 Å². The van der Waals surface area contributed by atoms with E-state index >= 15 is 0 Å². The fourth-order valence-electron chi connectivity index (χ4n) is 3.31. The Kier molecular flexibility index (Phi) is 26.2. The van der Waals surface area contributed by atoms with E-state index < -0.39 is 25.0 Å². The van der Waals surface area contributed by atoms with Crippen molar-refractivity contribution in [2.24, 2.45) is 4.99 Å². The number of unbranched alkanes of at least 4 members (excludes halogenated alkanes) is 8. The molecule has 8 nitrogen and oxygen atoms in total. The van der Waals surface area contributed by atoms with Gasteiger partial charge >= 0.3 is 65.1 Å². The van der Waals surface area contributed by atoms with Gasteiger partial charge in [0.1, 0.15) is 13.1 Å². The van der Waals surface area contributed by atoms with Crippen LogP contribution in [0.2, 0.25) is 0 Å². The molecule has 0 aliphatic rings. The van der Waals surface area contributed by atoms with Crippen molar-refractivity contribution in [3.63, 3.8) is 0 Å². The Morgan fingerprint density at radius 2 is 1.40 bits per heavy atom. The quantitative estimate of drug-likeness (QED) is 0.0667. The summed E-state index contributed by atoms with van der Waals surface area (Å²) in [6.45, 7) is 0.908. The molecular formula is C20H37N2Na2O6+. The van der Waals surface area contributed by atoms with Crippen molar-refractivity contribution in [3.8, 4) is 0 Å². The summed E-state index contributed by atoms with van der Waals surface area (Å²) in [5.41, 5.74) is 0. The summed E-state index contributed by atoms with van der Waals surface area (Å²) in [6, 6.07) is 0. The molecule has 0 spiro atoms. The molecule has 10 heteroatoms. The zero-order valence-corrected chi connectivity index (χ0v) is 23.2. The van der Waals surface area contributed by atoms with Gasteiger partial charge in [-0.3, -0.25) is 4.99 Å². The number of quaternary nitrogens is 1. The van der Waals surface area contributed by atoms with Gasteiger partial charge in [0, 0.05) is 0 Å². The molecule has 0 aromatic heterocycles. The summed E-state index contributed by atoms with van der Waals surface area (Å²) < 4.78 is -0.386. The maximum atomic E-state index is 11.9. The number of aliphatic hydroxyl groups is 1. The van der Waals surface area contributed by atoms with Crippen LogP contribution in [0, 0.1) is 0 Å². The van der Waals surface area contributed by atoms with Crippen LogP contribution in [-0.2, 0) is 9.59 Å². The molecule has 0 aliphatic heterocycles. The molecule has 0 aromatic carbocycles. The fraction of sp³-hybridized carbons (Fsp3) is 0.850. The van der Waals surface area contributed by atoms with Gasteiger partial charge in [-0.1, -0.05) is 58.3 Å². The van der Waals surface area contributed by atoms with Gasteiger partial charge in [-0.2, -0.15) is 0 Å². The minimum atomic E-state index is -1.39. The summed E-state index contributed by atoms with van der Waals surface area (Å²) in [5.74, 6) is -2.81. The summed E-state index contributed by atoms with van der Waals surface area (Å²) in [6.07, 6.45) is 10.8. The van der Waals surface area contributed by atoms with E-state index in [1.54, 1.807) is 0 Å². The van der Waals surface area contributed by atoms with Crippen LogP contribution in [0.25, 0.3) is 0 Å².